The van der Waals surface area contributed by atoms with Gasteiger partial charge in [-0.2, -0.15) is 0 Å². The van der Waals surface area contributed by atoms with Gasteiger partial charge in [0, 0.05) is 19.2 Å². The topological polar surface area (TPSA) is 38.8 Å². The van der Waals surface area contributed by atoms with Crippen molar-refractivity contribution in [2.24, 2.45) is 0 Å². The fourth-order valence-corrected chi connectivity index (χ4v) is 1.66. The van der Waals surface area contributed by atoms with E-state index in [9.17, 15) is 4.79 Å². The Balaban J connectivity index is 2.61. The highest BCUT2D eigenvalue weighted by molar-refractivity contribution is 5.77. The Morgan fingerprint density at radius 3 is 2.50 bits per heavy atom. The summed E-state index contributed by atoms with van der Waals surface area (Å²) >= 11 is 0. The minimum absolute atomic E-state index is 0.0359. The van der Waals surface area contributed by atoms with Gasteiger partial charge in [-0.15, -0.1) is 0 Å². The van der Waals surface area contributed by atoms with E-state index in [0.717, 1.165) is 11.3 Å². The van der Waals surface area contributed by atoms with Crippen molar-refractivity contribution in [2.45, 2.75) is 39.8 Å². The van der Waals surface area contributed by atoms with Crippen LogP contribution in [0.4, 0.5) is 0 Å². The molecule has 0 N–H and O–H groups in total. The zero-order valence-electron chi connectivity index (χ0n) is 13.1. The molecule has 1 aromatic carbocycles. The fraction of sp³-hybridized carbons (Fsp3) is 0.562. The van der Waals surface area contributed by atoms with Crippen molar-refractivity contribution in [2.75, 3.05) is 20.3 Å². The lowest BCUT2D eigenvalue weighted by molar-refractivity contribution is -0.140. The number of benzene rings is 1. The molecule has 0 aliphatic heterocycles. The molecule has 0 bridgehead atoms. The van der Waals surface area contributed by atoms with E-state index >= 15 is 0 Å². The summed E-state index contributed by atoms with van der Waals surface area (Å²) in [4.78, 5) is 13.7. The first-order chi connectivity index (χ1) is 9.33. The molecule has 0 saturated heterocycles. The molecule has 112 valence electrons. The Morgan fingerprint density at radius 1 is 1.25 bits per heavy atom. The van der Waals surface area contributed by atoms with Crippen molar-refractivity contribution in [3.05, 3.63) is 29.8 Å². The van der Waals surface area contributed by atoms with Crippen molar-refractivity contribution >= 4 is 5.91 Å². The molecule has 0 aliphatic rings. The minimum Gasteiger partial charge on any atom is -0.494 e. The zero-order chi connectivity index (χ0) is 15.2. The number of carbonyl (C=O) groups is 1. The number of likely N-dealkylation sites (N-methyl/N-ethyl adjacent to an activating group) is 1. The quantitative estimate of drug-likeness (QED) is 0.803. The third kappa shape index (κ3) is 5.61. The lowest BCUT2D eigenvalue weighted by atomic mass is 10.2. The lowest BCUT2D eigenvalue weighted by Crippen LogP contribution is -2.33. The largest absolute Gasteiger partial charge is 0.494 e. The van der Waals surface area contributed by atoms with E-state index in [1.54, 1.807) is 11.9 Å². The van der Waals surface area contributed by atoms with E-state index in [2.05, 4.69) is 0 Å². The van der Waals surface area contributed by atoms with E-state index in [1.165, 1.54) is 0 Å². The van der Waals surface area contributed by atoms with Gasteiger partial charge in [-0.05, 0) is 33.8 Å². The van der Waals surface area contributed by atoms with Crippen LogP contribution in [0.15, 0.2) is 24.3 Å². The highest BCUT2D eigenvalue weighted by Gasteiger charge is 2.16. The second-order valence-electron chi connectivity index (χ2n) is 5.69. The predicted octanol–water partition coefficient (Wildman–Crippen LogP) is 2.86. The highest BCUT2D eigenvalue weighted by atomic mass is 16.5. The number of hydrogen-bond acceptors (Lipinski definition) is 3. The third-order valence-electron chi connectivity index (χ3n) is 2.73. The molecule has 0 radical (unpaired) electrons. The Hall–Kier alpha value is -1.55. The van der Waals surface area contributed by atoms with Crippen LogP contribution in [0.5, 0.6) is 5.75 Å². The van der Waals surface area contributed by atoms with Crippen LogP contribution in [0.1, 0.15) is 33.3 Å². The van der Waals surface area contributed by atoms with E-state index in [0.29, 0.717) is 13.2 Å². The normalized spacial score (nSPS) is 11.2. The molecule has 0 aromatic heterocycles. The zero-order valence-corrected chi connectivity index (χ0v) is 13.1. The summed E-state index contributed by atoms with van der Waals surface area (Å²) in [7, 11) is 1.77. The van der Waals surface area contributed by atoms with E-state index in [1.807, 2.05) is 52.0 Å². The Kier molecular flexibility index (Phi) is 6.02. The molecule has 0 heterocycles. The second-order valence-corrected chi connectivity index (χ2v) is 5.69. The summed E-state index contributed by atoms with van der Waals surface area (Å²) in [6.07, 6.45) is 0. The van der Waals surface area contributed by atoms with Gasteiger partial charge < -0.3 is 14.4 Å². The molecule has 4 nitrogen and oxygen atoms in total. The summed E-state index contributed by atoms with van der Waals surface area (Å²) in [5.74, 6) is 0.789. The molecule has 0 atom stereocenters. The summed E-state index contributed by atoms with van der Waals surface area (Å²) < 4.78 is 11.1. The number of nitrogens with zero attached hydrogens (tertiary/aromatic N) is 1. The van der Waals surface area contributed by atoms with Crippen LogP contribution in [0.3, 0.4) is 0 Å². The summed E-state index contributed by atoms with van der Waals surface area (Å²) in [5.41, 5.74) is 0.695. The molecule has 4 heteroatoms. The standard InChI is InChI=1S/C16H25NO3/c1-6-19-14-10-8-7-9-13(14)11-17(5)15(18)12-20-16(2,3)4/h7-10H,6,11-12H2,1-5H3. The minimum atomic E-state index is -0.306. The first-order valence-electron chi connectivity index (χ1n) is 6.92. The Morgan fingerprint density at radius 2 is 1.90 bits per heavy atom. The van der Waals surface area contributed by atoms with Gasteiger partial charge in [-0.3, -0.25) is 4.79 Å². The fourth-order valence-electron chi connectivity index (χ4n) is 1.66. The summed E-state index contributed by atoms with van der Waals surface area (Å²) in [5, 5.41) is 0. The summed E-state index contributed by atoms with van der Waals surface area (Å²) in [6, 6.07) is 7.77. The first-order valence-corrected chi connectivity index (χ1v) is 6.92. The SMILES string of the molecule is CCOc1ccccc1CN(C)C(=O)COC(C)(C)C. The van der Waals surface area contributed by atoms with Crippen LogP contribution >= 0.6 is 0 Å². The number of rotatable bonds is 6. The molecule has 0 fully saturated rings. The average Bonchev–Trinajstić information content (AvgIpc) is 2.37. The van der Waals surface area contributed by atoms with Gasteiger partial charge in [0.05, 0.1) is 12.2 Å². The number of ether oxygens (including phenoxy) is 2. The number of hydrogen-bond donors (Lipinski definition) is 0. The highest BCUT2D eigenvalue weighted by Crippen LogP contribution is 2.19. The van der Waals surface area contributed by atoms with E-state index in [4.69, 9.17) is 9.47 Å². The van der Waals surface area contributed by atoms with Crippen molar-refractivity contribution in [3.8, 4) is 5.75 Å². The molecule has 1 rings (SSSR count). The van der Waals surface area contributed by atoms with E-state index < -0.39 is 0 Å². The van der Waals surface area contributed by atoms with Crippen molar-refractivity contribution in [1.82, 2.24) is 4.90 Å². The molecule has 20 heavy (non-hydrogen) atoms. The Bertz CT molecular complexity index is 438. The molecule has 1 amide bonds. The second kappa shape index (κ2) is 7.29. The van der Waals surface area contributed by atoms with Gasteiger partial charge >= 0.3 is 0 Å². The van der Waals surface area contributed by atoms with Gasteiger partial charge in [0.15, 0.2) is 0 Å². The van der Waals surface area contributed by atoms with Crippen LogP contribution < -0.4 is 4.74 Å². The van der Waals surface area contributed by atoms with Crippen molar-refractivity contribution in [1.29, 1.82) is 0 Å². The van der Waals surface area contributed by atoms with E-state index in [-0.39, 0.29) is 18.1 Å². The van der Waals surface area contributed by atoms with Crippen LogP contribution in [-0.2, 0) is 16.1 Å². The van der Waals surface area contributed by atoms with Gasteiger partial charge in [-0.1, -0.05) is 18.2 Å². The van der Waals surface area contributed by atoms with Crippen LogP contribution in [0, 0.1) is 0 Å². The molecule has 0 aliphatic carbocycles. The predicted molar refractivity (Wildman–Crippen MR) is 79.8 cm³/mol. The average molecular weight is 279 g/mol. The number of amides is 1. The Labute approximate surface area is 121 Å². The first kappa shape index (κ1) is 16.5. The molecule has 0 spiro atoms. The maximum absolute atomic E-state index is 12.0. The maximum atomic E-state index is 12.0. The molecule has 0 unspecified atom stereocenters. The number of carbonyl (C=O) groups excluding carboxylic acids is 1. The number of para-hydroxylation sites is 1. The van der Waals surface area contributed by atoms with Crippen molar-refractivity contribution in [3.63, 3.8) is 0 Å². The summed E-state index contributed by atoms with van der Waals surface area (Å²) in [6.45, 7) is 8.98. The van der Waals surface area contributed by atoms with Crippen LogP contribution in [0.25, 0.3) is 0 Å². The van der Waals surface area contributed by atoms with Gasteiger partial charge in [0.25, 0.3) is 0 Å². The van der Waals surface area contributed by atoms with Gasteiger partial charge in [-0.25, -0.2) is 0 Å². The third-order valence-corrected chi connectivity index (χ3v) is 2.73. The van der Waals surface area contributed by atoms with Crippen LogP contribution in [-0.4, -0.2) is 36.7 Å². The maximum Gasteiger partial charge on any atom is 0.248 e. The van der Waals surface area contributed by atoms with Gasteiger partial charge in [0.2, 0.25) is 5.91 Å². The van der Waals surface area contributed by atoms with Crippen molar-refractivity contribution < 1.29 is 14.3 Å². The smallest absolute Gasteiger partial charge is 0.248 e. The van der Waals surface area contributed by atoms with Crippen LogP contribution in [0.2, 0.25) is 0 Å². The lowest BCUT2D eigenvalue weighted by Gasteiger charge is -2.23. The molecule has 1 aromatic rings. The molecular formula is C16H25NO3. The molecular weight excluding hydrogens is 254 g/mol. The molecule has 0 saturated carbocycles. The monoisotopic (exact) mass is 279 g/mol. The van der Waals surface area contributed by atoms with Gasteiger partial charge in [0.1, 0.15) is 12.4 Å².